The molecule has 0 spiro atoms. The van der Waals surface area contributed by atoms with E-state index < -0.39 is 0 Å². The van der Waals surface area contributed by atoms with Crippen molar-refractivity contribution in [2.24, 2.45) is 0 Å². The third-order valence-corrected chi connectivity index (χ3v) is 4.37. The monoisotopic (exact) mass is 458 g/mol. The molecule has 0 aromatic heterocycles. The Bertz CT molecular complexity index is 646. The van der Waals surface area contributed by atoms with Crippen molar-refractivity contribution in [3.8, 4) is 0 Å². The van der Waals surface area contributed by atoms with E-state index in [1.54, 1.807) is 0 Å². The van der Waals surface area contributed by atoms with Crippen LogP contribution in [0.25, 0.3) is 0 Å². The molecule has 21 heavy (non-hydrogen) atoms. The summed E-state index contributed by atoms with van der Waals surface area (Å²) < 4.78 is 1.83. The number of carbonyl (C=O) groups excluding carboxylic acids is 1. The fourth-order valence-electron chi connectivity index (χ4n) is 1.92. The zero-order valence-electron chi connectivity index (χ0n) is 11.6. The largest absolute Gasteiger partial charge is 0.322 e. The molecule has 2 aromatic carbocycles. The number of halogens is 2. The van der Waals surface area contributed by atoms with E-state index in [-0.39, 0.29) is 5.91 Å². The van der Waals surface area contributed by atoms with Crippen LogP contribution in [0, 0.1) is 3.57 Å². The first kappa shape index (κ1) is 16.5. The van der Waals surface area contributed by atoms with Crippen LogP contribution in [0.2, 0.25) is 0 Å². The van der Waals surface area contributed by atoms with Crippen LogP contribution < -0.4 is 10.6 Å². The SMILES string of the molecule is CCNCc1ccccc1NC(=O)c1cc(I)ccc1Br. The number of rotatable bonds is 5. The number of benzene rings is 2. The summed E-state index contributed by atoms with van der Waals surface area (Å²) in [7, 11) is 0. The lowest BCUT2D eigenvalue weighted by Crippen LogP contribution is -2.17. The summed E-state index contributed by atoms with van der Waals surface area (Å²) in [6.07, 6.45) is 0. The molecule has 2 aromatic rings. The van der Waals surface area contributed by atoms with Crippen LogP contribution in [-0.4, -0.2) is 12.5 Å². The highest BCUT2D eigenvalue weighted by Gasteiger charge is 2.12. The zero-order chi connectivity index (χ0) is 15.2. The number of hydrogen-bond donors (Lipinski definition) is 2. The Labute approximate surface area is 146 Å². The number of amides is 1. The Hall–Kier alpha value is -0.920. The molecule has 0 aliphatic carbocycles. The van der Waals surface area contributed by atoms with Gasteiger partial charge in [-0.3, -0.25) is 4.79 Å². The maximum absolute atomic E-state index is 12.4. The average Bonchev–Trinajstić information content (AvgIpc) is 2.48. The maximum atomic E-state index is 12.4. The maximum Gasteiger partial charge on any atom is 0.256 e. The van der Waals surface area contributed by atoms with Crippen molar-refractivity contribution in [3.63, 3.8) is 0 Å². The van der Waals surface area contributed by atoms with E-state index in [2.05, 4.69) is 56.1 Å². The molecular formula is C16H16BrIN2O. The number of para-hydroxylation sites is 1. The molecule has 0 atom stereocenters. The summed E-state index contributed by atoms with van der Waals surface area (Å²) in [5, 5.41) is 6.27. The quantitative estimate of drug-likeness (QED) is 0.651. The Morgan fingerprint density at radius 3 is 2.76 bits per heavy atom. The van der Waals surface area contributed by atoms with E-state index in [0.717, 1.165) is 32.4 Å². The van der Waals surface area contributed by atoms with E-state index in [4.69, 9.17) is 0 Å². The molecule has 0 saturated heterocycles. The fourth-order valence-corrected chi connectivity index (χ4v) is 2.84. The summed E-state index contributed by atoms with van der Waals surface area (Å²) in [4.78, 5) is 12.4. The molecule has 0 heterocycles. The standard InChI is InChI=1S/C16H16BrIN2O/c1-2-19-10-11-5-3-4-6-15(11)20-16(21)13-9-12(18)7-8-14(13)17/h3-9,19H,2,10H2,1H3,(H,20,21). The normalized spacial score (nSPS) is 10.4. The summed E-state index contributed by atoms with van der Waals surface area (Å²) >= 11 is 5.63. The van der Waals surface area contributed by atoms with Crippen LogP contribution >= 0.6 is 38.5 Å². The van der Waals surface area contributed by atoms with Crippen LogP contribution in [0.4, 0.5) is 5.69 Å². The minimum absolute atomic E-state index is 0.107. The predicted molar refractivity (Wildman–Crippen MR) is 98.6 cm³/mol. The van der Waals surface area contributed by atoms with Gasteiger partial charge in [0.1, 0.15) is 0 Å². The molecule has 0 aliphatic rings. The molecule has 0 unspecified atom stereocenters. The summed E-state index contributed by atoms with van der Waals surface area (Å²) in [5.74, 6) is -0.107. The lowest BCUT2D eigenvalue weighted by Gasteiger charge is -2.12. The lowest BCUT2D eigenvalue weighted by molar-refractivity contribution is 0.102. The molecule has 2 N–H and O–H groups in total. The number of anilines is 1. The lowest BCUT2D eigenvalue weighted by atomic mass is 10.1. The van der Waals surface area contributed by atoms with Crippen LogP contribution in [0.1, 0.15) is 22.8 Å². The van der Waals surface area contributed by atoms with Gasteiger partial charge in [-0.15, -0.1) is 0 Å². The minimum atomic E-state index is -0.107. The molecular weight excluding hydrogens is 443 g/mol. The van der Waals surface area contributed by atoms with Crippen molar-refractivity contribution in [1.29, 1.82) is 0 Å². The van der Waals surface area contributed by atoms with Gasteiger partial charge in [-0.2, -0.15) is 0 Å². The molecule has 5 heteroatoms. The molecule has 2 rings (SSSR count). The van der Waals surface area contributed by atoms with Crippen molar-refractivity contribution in [1.82, 2.24) is 5.32 Å². The van der Waals surface area contributed by atoms with E-state index in [1.165, 1.54) is 0 Å². The predicted octanol–water partition coefficient (Wildman–Crippen LogP) is 4.42. The Balaban J connectivity index is 2.21. The van der Waals surface area contributed by atoms with E-state index >= 15 is 0 Å². The third kappa shape index (κ3) is 4.52. The van der Waals surface area contributed by atoms with E-state index in [0.29, 0.717) is 5.56 Å². The molecule has 0 radical (unpaired) electrons. The van der Waals surface area contributed by atoms with Gasteiger partial charge in [0, 0.05) is 20.3 Å². The molecule has 0 aliphatic heterocycles. The third-order valence-electron chi connectivity index (χ3n) is 3.00. The first-order valence-electron chi connectivity index (χ1n) is 6.67. The first-order chi connectivity index (χ1) is 10.1. The molecule has 1 amide bonds. The Morgan fingerprint density at radius 1 is 1.24 bits per heavy atom. The highest BCUT2D eigenvalue weighted by atomic mass is 127. The molecule has 110 valence electrons. The summed E-state index contributed by atoms with van der Waals surface area (Å²) in [5.41, 5.74) is 2.56. The van der Waals surface area contributed by atoms with E-state index in [1.807, 2.05) is 42.5 Å². The Kier molecular flexibility index (Phi) is 6.20. The van der Waals surface area contributed by atoms with Crippen molar-refractivity contribution in [2.45, 2.75) is 13.5 Å². The first-order valence-corrected chi connectivity index (χ1v) is 8.54. The Morgan fingerprint density at radius 2 is 2.00 bits per heavy atom. The van der Waals surface area contributed by atoms with Crippen LogP contribution in [-0.2, 0) is 6.54 Å². The molecule has 0 saturated carbocycles. The number of hydrogen-bond acceptors (Lipinski definition) is 2. The second-order valence-electron chi connectivity index (χ2n) is 4.52. The van der Waals surface area contributed by atoms with Gasteiger partial charge in [-0.25, -0.2) is 0 Å². The smallest absolute Gasteiger partial charge is 0.256 e. The minimum Gasteiger partial charge on any atom is -0.322 e. The number of carbonyl (C=O) groups is 1. The van der Waals surface area contributed by atoms with Crippen molar-refractivity contribution < 1.29 is 4.79 Å². The second-order valence-corrected chi connectivity index (χ2v) is 6.62. The second kappa shape index (κ2) is 7.91. The van der Waals surface area contributed by atoms with Crippen molar-refractivity contribution in [3.05, 3.63) is 61.6 Å². The highest BCUT2D eigenvalue weighted by Crippen LogP contribution is 2.22. The average molecular weight is 459 g/mol. The van der Waals surface area contributed by atoms with Gasteiger partial charge in [-0.1, -0.05) is 25.1 Å². The van der Waals surface area contributed by atoms with Crippen molar-refractivity contribution >= 4 is 50.1 Å². The topological polar surface area (TPSA) is 41.1 Å². The zero-order valence-corrected chi connectivity index (χ0v) is 15.4. The van der Waals surface area contributed by atoms with Gasteiger partial charge >= 0.3 is 0 Å². The van der Waals surface area contributed by atoms with Crippen LogP contribution in [0.3, 0.4) is 0 Å². The van der Waals surface area contributed by atoms with Gasteiger partial charge < -0.3 is 10.6 Å². The molecule has 0 fully saturated rings. The van der Waals surface area contributed by atoms with Gasteiger partial charge in [0.2, 0.25) is 0 Å². The number of nitrogens with one attached hydrogen (secondary N) is 2. The van der Waals surface area contributed by atoms with Crippen molar-refractivity contribution in [2.75, 3.05) is 11.9 Å². The van der Waals surface area contributed by atoms with Gasteiger partial charge in [0.05, 0.1) is 5.56 Å². The van der Waals surface area contributed by atoms with Crippen LogP contribution in [0.15, 0.2) is 46.9 Å². The van der Waals surface area contributed by atoms with Gasteiger partial charge in [-0.05, 0) is 74.9 Å². The highest BCUT2D eigenvalue weighted by molar-refractivity contribution is 14.1. The molecule has 0 bridgehead atoms. The molecule has 3 nitrogen and oxygen atoms in total. The fraction of sp³-hybridized carbons (Fsp3) is 0.188. The van der Waals surface area contributed by atoms with Gasteiger partial charge in [0.15, 0.2) is 0 Å². The summed E-state index contributed by atoms with van der Waals surface area (Å²) in [6, 6.07) is 13.6. The van der Waals surface area contributed by atoms with E-state index in [9.17, 15) is 4.79 Å². The summed E-state index contributed by atoms with van der Waals surface area (Å²) in [6.45, 7) is 3.69. The van der Waals surface area contributed by atoms with Gasteiger partial charge in [0.25, 0.3) is 5.91 Å². The van der Waals surface area contributed by atoms with Crippen LogP contribution in [0.5, 0.6) is 0 Å².